The molecule has 12 heavy (non-hydrogen) atoms. The molecule has 0 aromatic heterocycles. The average Bonchev–Trinajstić information content (AvgIpc) is 2.02. The Balaban J connectivity index is 3.42. The quantitative estimate of drug-likeness (QED) is 0.782. The maximum atomic E-state index is 12.9. The minimum atomic E-state index is -0.641. The van der Waals surface area contributed by atoms with Gasteiger partial charge >= 0.3 is 0 Å². The Morgan fingerprint density at radius 3 is 2.75 bits per heavy atom. The Labute approximate surface area is 82.0 Å². The molecule has 0 bridgehead atoms. The topological polar surface area (TPSA) is 29.5 Å². The van der Waals surface area contributed by atoms with E-state index in [1.807, 2.05) is 0 Å². The van der Waals surface area contributed by atoms with Crippen LogP contribution in [0.4, 0.5) is 4.39 Å². The van der Waals surface area contributed by atoms with Crippen LogP contribution in [0, 0.1) is 5.82 Å². The van der Waals surface area contributed by atoms with Gasteiger partial charge < -0.3 is 9.84 Å². The summed E-state index contributed by atoms with van der Waals surface area (Å²) in [6.45, 7) is 0. The van der Waals surface area contributed by atoms with Crippen LogP contribution in [0.15, 0.2) is 10.5 Å². The summed E-state index contributed by atoms with van der Waals surface area (Å²) >= 11 is 8.43. The Kier molecular flexibility index (Phi) is 2.80. The number of ether oxygens (including phenoxy) is 1. The molecule has 2 nitrogen and oxygen atoms in total. The Hall–Kier alpha value is -0.480. The van der Waals surface area contributed by atoms with E-state index < -0.39 is 5.82 Å². The molecule has 1 N–H and O–H groups in total. The minimum Gasteiger partial charge on any atom is -0.503 e. The molecule has 0 amide bonds. The fourth-order valence-corrected chi connectivity index (χ4v) is 1.35. The van der Waals surface area contributed by atoms with Gasteiger partial charge in [0.1, 0.15) is 10.8 Å². The van der Waals surface area contributed by atoms with Gasteiger partial charge in [0, 0.05) is 0 Å². The largest absolute Gasteiger partial charge is 0.503 e. The normalized spacial score (nSPS) is 10.0. The lowest BCUT2D eigenvalue weighted by Crippen LogP contribution is -1.88. The van der Waals surface area contributed by atoms with Crippen LogP contribution in [-0.4, -0.2) is 12.2 Å². The van der Waals surface area contributed by atoms with Crippen molar-refractivity contribution in [2.45, 2.75) is 0 Å². The number of hydrogen-bond donors (Lipinski definition) is 1. The molecule has 1 rings (SSSR count). The summed E-state index contributed by atoms with van der Waals surface area (Å²) in [5.74, 6) is -0.911. The number of phenolic OH excluding ortho intramolecular Hbond substituents is 1. The van der Waals surface area contributed by atoms with Gasteiger partial charge in [-0.2, -0.15) is 0 Å². The van der Waals surface area contributed by atoms with E-state index in [1.54, 1.807) is 0 Å². The SMILES string of the molecule is COc1c(O)c(Br)cc(F)c1Cl. The van der Waals surface area contributed by atoms with Crippen LogP contribution in [0.1, 0.15) is 0 Å². The predicted octanol–water partition coefficient (Wildman–Crippen LogP) is 2.96. The summed E-state index contributed by atoms with van der Waals surface area (Å²) in [5, 5.41) is 9.06. The van der Waals surface area contributed by atoms with Crippen molar-refractivity contribution in [2.75, 3.05) is 7.11 Å². The van der Waals surface area contributed by atoms with E-state index in [2.05, 4.69) is 20.7 Å². The van der Waals surface area contributed by atoms with Crippen molar-refractivity contribution < 1.29 is 14.2 Å². The molecule has 0 spiro atoms. The standard InChI is InChI=1S/C7H5BrClFO2/c1-12-7-5(9)4(10)2-3(8)6(7)11/h2,11H,1H3. The molecule has 0 radical (unpaired) electrons. The number of benzene rings is 1. The zero-order chi connectivity index (χ0) is 9.30. The minimum absolute atomic E-state index is 0.0662. The first-order valence-electron chi connectivity index (χ1n) is 2.98. The predicted molar refractivity (Wildman–Crippen MR) is 47.3 cm³/mol. The molecule has 0 saturated carbocycles. The third-order valence-electron chi connectivity index (χ3n) is 1.31. The van der Waals surface area contributed by atoms with Crippen LogP contribution < -0.4 is 4.74 Å². The second kappa shape index (κ2) is 3.49. The highest BCUT2D eigenvalue weighted by Crippen LogP contribution is 2.41. The van der Waals surface area contributed by atoms with Crippen LogP contribution in [0.25, 0.3) is 0 Å². The van der Waals surface area contributed by atoms with E-state index in [1.165, 1.54) is 7.11 Å². The molecule has 0 atom stereocenters. The fourth-order valence-electron chi connectivity index (χ4n) is 0.750. The first-order valence-corrected chi connectivity index (χ1v) is 4.15. The van der Waals surface area contributed by atoms with E-state index in [4.69, 9.17) is 11.6 Å². The smallest absolute Gasteiger partial charge is 0.183 e. The summed E-state index contributed by atoms with van der Waals surface area (Å²) in [4.78, 5) is 0. The third-order valence-corrected chi connectivity index (χ3v) is 2.26. The molecule has 0 aliphatic rings. The van der Waals surface area contributed by atoms with E-state index >= 15 is 0 Å². The fraction of sp³-hybridized carbons (Fsp3) is 0.143. The van der Waals surface area contributed by atoms with Crippen molar-refractivity contribution in [1.82, 2.24) is 0 Å². The molecule has 1 aromatic carbocycles. The van der Waals surface area contributed by atoms with E-state index in [9.17, 15) is 9.50 Å². The Morgan fingerprint density at radius 2 is 2.25 bits per heavy atom. The zero-order valence-corrected chi connectivity index (χ0v) is 8.41. The number of rotatable bonds is 1. The van der Waals surface area contributed by atoms with Gasteiger partial charge in [-0.25, -0.2) is 4.39 Å². The van der Waals surface area contributed by atoms with Gasteiger partial charge in [0.15, 0.2) is 11.5 Å². The second-order valence-corrected chi connectivity index (χ2v) is 3.27. The number of methoxy groups -OCH3 is 1. The van der Waals surface area contributed by atoms with Crippen molar-refractivity contribution in [3.63, 3.8) is 0 Å². The molecule has 66 valence electrons. The molecule has 0 aliphatic carbocycles. The summed E-state index contributed by atoms with van der Waals surface area (Å²) in [6.07, 6.45) is 0. The third kappa shape index (κ3) is 1.49. The molecular weight excluding hydrogens is 250 g/mol. The molecule has 0 saturated heterocycles. The van der Waals surface area contributed by atoms with Crippen molar-refractivity contribution in [2.24, 2.45) is 0 Å². The molecule has 0 fully saturated rings. The molecule has 0 aliphatic heterocycles. The van der Waals surface area contributed by atoms with E-state index in [0.717, 1.165) is 6.07 Å². The number of hydrogen-bond acceptors (Lipinski definition) is 2. The highest BCUT2D eigenvalue weighted by molar-refractivity contribution is 9.10. The summed E-state index contributed by atoms with van der Waals surface area (Å²) in [7, 11) is 1.30. The van der Waals surface area contributed by atoms with Gasteiger partial charge in [0.05, 0.1) is 11.6 Å². The summed E-state index contributed by atoms with van der Waals surface area (Å²) in [6, 6.07) is 1.07. The average molecular weight is 255 g/mol. The van der Waals surface area contributed by atoms with Crippen LogP contribution >= 0.6 is 27.5 Å². The Bertz CT molecular complexity index is 291. The van der Waals surface area contributed by atoms with Crippen molar-refractivity contribution in [1.29, 1.82) is 0 Å². The first-order chi connectivity index (χ1) is 5.57. The maximum absolute atomic E-state index is 12.9. The van der Waals surface area contributed by atoms with Gasteiger partial charge in [-0.15, -0.1) is 0 Å². The number of aromatic hydroxyl groups is 1. The van der Waals surface area contributed by atoms with Gasteiger partial charge in [-0.05, 0) is 22.0 Å². The summed E-state index contributed by atoms with van der Waals surface area (Å²) in [5.41, 5.74) is 0. The summed E-state index contributed by atoms with van der Waals surface area (Å²) < 4.78 is 17.7. The van der Waals surface area contributed by atoms with Gasteiger partial charge in [0.25, 0.3) is 0 Å². The van der Waals surface area contributed by atoms with Crippen molar-refractivity contribution in [3.05, 3.63) is 21.4 Å². The highest BCUT2D eigenvalue weighted by Gasteiger charge is 2.15. The lowest BCUT2D eigenvalue weighted by molar-refractivity contribution is 0.369. The molecular formula is C7H5BrClFO2. The molecule has 0 unspecified atom stereocenters. The highest BCUT2D eigenvalue weighted by atomic mass is 79.9. The van der Waals surface area contributed by atoms with Crippen LogP contribution in [-0.2, 0) is 0 Å². The first kappa shape index (κ1) is 9.61. The Morgan fingerprint density at radius 1 is 1.67 bits per heavy atom. The van der Waals surface area contributed by atoms with Crippen LogP contribution in [0.2, 0.25) is 5.02 Å². The lowest BCUT2D eigenvalue weighted by Gasteiger charge is -2.07. The molecule has 0 heterocycles. The van der Waals surface area contributed by atoms with Crippen molar-refractivity contribution >= 4 is 27.5 Å². The number of halogens is 3. The van der Waals surface area contributed by atoms with Gasteiger partial charge in [-0.3, -0.25) is 0 Å². The number of phenols is 1. The van der Waals surface area contributed by atoms with Crippen LogP contribution in [0.3, 0.4) is 0 Å². The molecule has 5 heteroatoms. The maximum Gasteiger partial charge on any atom is 0.183 e. The second-order valence-electron chi connectivity index (χ2n) is 2.04. The van der Waals surface area contributed by atoms with E-state index in [0.29, 0.717) is 0 Å². The lowest BCUT2D eigenvalue weighted by atomic mass is 10.3. The van der Waals surface area contributed by atoms with Crippen LogP contribution in [0.5, 0.6) is 11.5 Å². The van der Waals surface area contributed by atoms with Crippen molar-refractivity contribution in [3.8, 4) is 11.5 Å². The van der Waals surface area contributed by atoms with Gasteiger partial charge in [0.2, 0.25) is 0 Å². The molecule has 1 aromatic rings. The van der Waals surface area contributed by atoms with Gasteiger partial charge in [-0.1, -0.05) is 11.6 Å². The monoisotopic (exact) mass is 254 g/mol. The van der Waals surface area contributed by atoms with E-state index in [-0.39, 0.29) is 21.0 Å². The zero-order valence-electron chi connectivity index (χ0n) is 6.07.